The average molecular weight is 247 g/mol. The van der Waals surface area contributed by atoms with Crippen molar-refractivity contribution in [2.75, 3.05) is 5.75 Å². The zero-order chi connectivity index (χ0) is 11.5. The van der Waals surface area contributed by atoms with Crippen LogP contribution in [0, 0.1) is 0 Å². The van der Waals surface area contributed by atoms with Crippen LogP contribution in [0.25, 0.3) is 0 Å². The van der Waals surface area contributed by atoms with Crippen molar-refractivity contribution in [1.82, 2.24) is 25.2 Å². The number of nitrogens with zero attached hydrogens (tertiary/aromatic N) is 5. The first-order valence-corrected chi connectivity index (χ1v) is 6.71. The molecule has 1 fully saturated rings. The summed E-state index contributed by atoms with van der Waals surface area (Å²) < 4.78 is 1.96. The van der Waals surface area contributed by atoms with Crippen molar-refractivity contribution in [3.63, 3.8) is 0 Å². The normalized spacial score (nSPS) is 15.1. The Morgan fingerprint density at radius 2 is 2.12 bits per heavy atom. The minimum absolute atomic E-state index is 0.549. The van der Waals surface area contributed by atoms with Crippen LogP contribution in [0.5, 0.6) is 0 Å². The Morgan fingerprint density at radius 3 is 2.88 bits per heavy atom. The van der Waals surface area contributed by atoms with Crippen LogP contribution in [0.2, 0.25) is 0 Å². The minimum Gasteiger partial charge on any atom is -0.265 e. The van der Waals surface area contributed by atoms with Crippen molar-refractivity contribution in [1.29, 1.82) is 0 Å². The molecule has 0 N–H and O–H groups in total. The van der Waals surface area contributed by atoms with Crippen LogP contribution < -0.4 is 0 Å². The molecule has 6 heteroatoms. The van der Waals surface area contributed by atoms with Crippen LogP contribution in [0.15, 0.2) is 29.7 Å². The summed E-state index contributed by atoms with van der Waals surface area (Å²) in [5, 5.41) is 12.8. The molecule has 0 aliphatic heterocycles. The van der Waals surface area contributed by atoms with Crippen molar-refractivity contribution in [3.05, 3.63) is 30.1 Å². The van der Waals surface area contributed by atoms with Gasteiger partial charge in [-0.15, -0.1) is 5.10 Å². The maximum Gasteiger partial charge on any atom is 0.209 e. The lowest BCUT2D eigenvalue weighted by Crippen LogP contribution is -1.99. The van der Waals surface area contributed by atoms with E-state index in [1.807, 2.05) is 29.2 Å². The Hall–Kier alpha value is -1.43. The number of aromatic nitrogens is 5. The fraction of sp³-hybridized carbons (Fsp3) is 0.455. The molecule has 1 saturated carbocycles. The van der Waals surface area contributed by atoms with Crippen LogP contribution in [-0.4, -0.2) is 30.9 Å². The first kappa shape index (κ1) is 10.7. The van der Waals surface area contributed by atoms with Gasteiger partial charge in [-0.1, -0.05) is 11.8 Å². The van der Waals surface area contributed by atoms with E-state index < -0.39 is 0 Å². The van der Waals surface area contributed by atoms with Crippen molar-refractivity contribution in [2.45, 2.75) is 30.5 Å². The molecule has 2 heterocycles. The Kier molecular flexibility index (Phi) is 3.04. The molecule has 0 amide bonds. The van der Waals surface area contributed by atoms with Gasteiger partial charge in [-0.25, -0.2) is 4.68 Å². The van der Waals surface area contributed by atoms with Gasteiger partial charge in [0.2, 0.25) is 5.16 Å². The second-order valence-corrected chi connectivity index (χ2v) is 5.15. The minimum atomic E-state index is 0.549. The molecule has 0 atom stereocenters. The average Bonchev–Trinajstić information content (AvgIpc) is 3.11. The zero-order valence-electron chi connectivity index (χ0n) is 9.36. The van der Waals surface area contributed by atoms with Gasteiger partial charge >= 0.3 is 0 Å². The molecular weight excluding hydrogens is 234 g/mol. The Labute approximate surface area is 104 Å². The second kappa shape index (κ2) is 4.83. The molecule has 3 rings (SSSR count). The Bertz CT molecular complexity index is 480. The van der Waals surface area contributed by atoms with E-state index >= 15 is 0 Å². The van der Waals surface area contributed by atoms with Gasteiger partial charge < -0.3 is 0 Å². The third-order valence-corrected chi connectivity index (χ3v) is 3.66. The molecule has 5 nitrogen and oxygen atoms in total. The molecule has 1 aliphatic carbocycles. The number of rotatable bonds is 5. The van der Waals surface area contributed by atoms with Gasteiger partial charge in [0.25, 0.3) is 0 Å². The topological polar surface area (TPSA) is 56.5 Å². The molecule has 0 bridgehead atoms. The lowest BCUT2D eigenvalue weighted by molar-refractivity contribution is 0.565. The first-order chi connectivity index (χ1) is 8.43. The van der Waals surface area contributed by atoms with E-state index in [0.29, 0.717) is 6.04 Å². The molecule has 1 aliphatic rings. The third kappa shape index (κ3) is 2.63. The van der Waals surface area contributed by atoms with E-state index in [-0.39, 0.29) is 0 Å². The van der Waals surface area contributed by atoms with Crippen LogP contribution in [0.3, 0.4) is 0 Å². The molecule has 0 spiro atoms. The van der Waals surface area contributed by atoms with Crippen LogP contribution in [0.1, 0.15) is 24.4 Å². The predicted octanol–water partition coefficient (Wildman–Crippen LogP) is 1.74. The third-order valence-electron chi connectivity index (χ3n) is 2.73. The largest absolute Gasteiger partial charge is 0.265 e. The molecule has 88 valence electrons. The lowest BCUT2D eigenvalue weighted by Gasteiger charge is -2.02. The van der Waals surface area contributed by atoms with Gasteiger partial charge in [0, 0.05) is 18.1 Å². The fourth-order valence-electron chi connectivity index (χ4n) is 1.64. The Morgan fingerprint density at radius 1 is 1.29 bits per heavy atom. The monoisotopic (exact) mass is 247 g/mol. The number of aryl methyl sites for hydroxylation is 1. The van der Waals surface area contributed by atoms with Crippen LogP contribution >= 0.6 is 11.8 Å². The van der Waals surface area contributed by atoms with Crippen LogP contribution in [-0.2, 0) is 6.42 Å². The predicted molar refractivity (Wildman–Crippen MR) is 64.8 cm³/mol. The summed E-state index contributed by atoms with van der Waals surface area (Å²) in [5.74, 6) is 0.997. The maximum atomic E-state index is 4.06. The zero-order valence-corrected chi connectivity index (χ0v) is 10.2. The quantitative estimate of drug-likeness (QED) is 0.753. The smallest absolute Gasteiger partial charge is 0.209 e. The maximum absolute atomic E-state index is 4.06. The highest BCUT2D eigenvalue weighted by molar-refractivity contribution is 7.99. The standard InChI is InChI=1S/C11H13N5S/c1-2-10(1)16-11(13-14-15-16)17-8-5-9-3-6-12-7-4-9/h3-4,6-7,10H,1-2,5,8H2. The molecular formula is C11H13N5S. The summed E-state index contributed by atoms with van der Waals surface area (Å²) in [6, 6.07) is 4.64. The number of pyridine rings is 1. The van der Waals surface area contributed by atoms with Gasteiger partial charge in [-0.2, -0.15) is 0 Å². The summed E-state index contributed by atoms with van der Waals surface area (Å²) in [4.78, 5) is 4.01. The summed E-state index contributed by atoms with van der Waals surface area (Å²) >= 11 is 1.72. The molecule has 2 aromatic heterocycles. The molecule has 0 aromatic carbocycles. The number of hydrogen-bond donors (Lipinski definition) is 0. The Balaban J connectivity index is 1.55. The van der Waals surface area contributed by atoms with Gasteiger partial charge in [-0.05, 0) is 47.4 Å². The summed E-state index contributed by atoms with van der Waals surface area (Å²) in [7, 11) is 0. The highest BCUT2D eigenvalue weighted by Gasteiger charge is 2.27. The number of thioether (sulfide) groups is 1. The van der Waals surface area contributed by atoms with E-state index in [2.05, 4.69) is 20.5 Å². The molecule has 17 heavy (non-hydrogen) atoms. The van der Waals surface area contributed by atoms with E-state index in [9.17, 15) is 0 Å². The van der Waals surface area contributed by atoms with E-state index in [4.69, 9.17) is 0 Å². The SMILES string of the molecule is c1cc(CCSc2nnnn2C2CC2)ccn1. The molecule has 0 radical (unpaired) electrons. The lowest BCUT2D eigenvalue weighted by atomic mass is 10.2. The van der Waals surface area contributed by atoms with E-state index in [1.165, 1.54) is 18.4 Å². The number of tetrazole rings is 1. The van der Waals surface area contributed by atoms with Crippen molar-refractivity contribution in [2.24, 2.45) is 0 Å². The van der Waals surface area contributed by atoms with Crippen molar-refractivity contribution >= 4 is 11.8 Å². The van der Waals surface area contributed by atoms with Crippen molar-refractivity contribution in [3.8, 4) is 0 Å². The van der Waals surface area contributed by atoms with E-state index in [1.54, 1.807) is 11.8 Å². The van der Waals surface area contributed by atoms with Crippen LogP contribution in [0.4, 0.5) is 0 Å². The molecule has 0 saturated heterocycles. The van der Waals surface area contributed by atoms with Crippen molar-refractivity contribution < 1.29 is 0 Å². The van der Waals surface area contributed by atoms with Gasteiger partial charge in [0.15, 0.2) is 0 Å². The fourth-order valence-corrected chi connectivity index (χ4v) is 2.57. The van der Waals surface area contributed by atoms with Gasteiger partial charge in [-0.3, -0.25) is 4.98 Å². The second-order valence-electron chi connectivity index (χ2n) is 4.09. The van der Waals surface area contributed by atoms with E-state index in [0.717, 1.165) is 17.3 Å². The van der Waals surface area contributed by atoms with Gasteiger partial charge in [0.05, 0.1) is 6.04 Å². The number of hydrogen-bond acceptors (Lipinski definition) is 5. The first-order valence-electron chi connectivity index (χ1n) is 5.73. The summed E-state index contributed by atoms with van der Waals surface area (Å²) in [5.41, 5.74) is 1.30. The van der Waals surface area contributed by atoms with Gasteiger partial charge in [0.1, 0.15) is 0 Å². The summed E-state index contributed by atoms with van der Waals surface area (Å²) in [6.07, 6.45) is 7.10. The highest BCUT2D eigenvalue weighted by atomic mass is 32.2. The molecule has 0 unspecified atom stereocenters. The molecule has 2 aromatic rings. The highest BCUT2D eigenvalue weighted by Crippen LogP contribution is 2.36. The summed E-state index contributed by atoms with van der Waals surface area (Å²) in [6.45, 7) is 0.